The van der Waals surface area contributed by atoms with E-state index in [2.05, 4.69) is 15.0 Å². The summed E-state index contributed by atoms with van der Waals surface area (Å²) in [6.45, 7) is 3.25. The minimum absolute atomic E-state index is 0.143. The molecule has 8 heteroatoms. The van der Waals surface area contributed by atoms with E-state index < -0.39 is 5.79 Å². The molecular formula is C17H19N3O4S. The largest absolute Gasteiger partial charge is 0.465 e. The number of ether oxygens (including phenoxy) is 3. The number of hydrogen-bond acceptors (Lipinski definition) is 8. The standard InChI is InChI=1S/C17H19N3O4S/c1-17(23-10-11-24-17)6-9-22-15(21)12-25-16-19-8-5-14(20-16)13-4-2-3-7-18-13/h2-5,7-8H,6,9-12H2,1H3. The number of nitrogens with zero attached hydrogens (tertiary/aromatic N) is 3. The summed E-state index contributed by atoms with van der Waals surface area (Å²) in [6.07, 6.45) is 3.87. The van der Waals surface area contributed by atoms with Gasteiger partial charge in [-0.1, -0.05) is 17.8 Å². The van der Waals surface area contributed by atoms with Gasteiger partial charge >= 0.3 is 5.97 Å². The molecule has 0 saturated carbocycles. The summed E-state index contributed by atoms with van der Waals surface area (Å²) in [4.78, 5) is 24.7. The van der Waals surface area contributed by atoms with Gasteiger partial charge in [-0.05, 0) is 25.1 Å². The molecule has 1 saturated heterocycles. The van der Waals surface area contributed by atoms with Gasteiger partial charge in [0.1, 0.15) is 0 Å². The maximum absolute atomic E-state index is 11.9. The third-order valence-electron chi connectivity index (χ3n) is 3.60. The van der Waals surface area contributed by atoms with E-state index in [0.717, 1.165) is 11.4 Å². The molecule has 3 rings (SSSR count). The van der Waals surface area contributed by atoms with Crippen molar-refractivity contribution in [2.45, 2.75) is 24.3 Å². The van der Waals surface area contributed by atoms with Crippen molar-refractivity contribution in [3.05, 3.63) is 36.7 Å². The molecule has 2 aromatic rings. The van der Waals surface area contributed by atoms with Crippen molar-refractivity contribution >= 4 is 17.7 Å². The predicted molar refractivity (Wildman–Crippen MR) is 91.9 cm³/mol. The van der Waals surface area contributed by atoms with Crippen molar-refractivity contribution in [3.63, 3.8) is 0 Å². The van der Waals surface area contributed by atoms with Crippen molar-refractivity contribution in [3.8, 4) is 11.4 Å². The highest BCUT2D eigenvalue weighted by molar-refractivity contribution is 7.99. The Morgan fingerprint density at radius 2 is 2.04 bits per heavy atom. The molecule has 1 aliphatic heterocycles. The number of rotatable bonds is 7. The summed E-state index contributed by atoms with van der Waals surface area (Å²) in [5.41, 5.74) is 1.48. The van der Waals surface area contributed by atoms with Crippen LogP contribution in [0.1, 0.15) is 13.3 Å². The second kappa shape index (κ2) is 8.37. The lowest BCUT2D eigenvalue weighted by Crippen LogP contribution is -2.28. The molecule has 132 valence electrons. The van der Waals surface area contributed by atoms with Crippen molar-refractivity contribution in [1.29, 1.82) is 0 Å². The molecule has 0 atom stereocenters. The zero-order valence-corrected chi connectivity index (χ0v) is 14.7. The van der Waals surface area contributed by atoms with Crippen LogP contribution in [0.25, 0.3) is 11.4 Å². The van der Waals surface area contributed by atoms with Gasteiger partial charge in [0, 0.05) is 18.8 Å². The number of hydrogen-bond donors (Lipinski definition) is 0. The van der Waals surface area contributed by atoms with Crippen LogP contribution < -0.4 is 0 Å². The summed E-state index contributed by atoms with van der Waals surface area (Å²) < 4.78 is 16.1. The van der Waals surface area contributed by atoms with E-state index in [9.17, 15) is 4.79 Å². The summed E-state index contributed by atoms with van der Waals surface area (Å²) in [5, 5.41) is 0.509. The first kappa shape index (κ1) is 17.8. The van der Waals surface area contributed by atoms with Crippen LogP contribution in [0.15, 0.2) is 41.8 Å². The van der Waals surface area contributed by atoms with Gasteiger partial charge in [0.25, 0.3) is 0 Å². The molecule has 25 heavy (non-hydrogen) atoms. The molecule has 0 N–H and O–H groups in total. The normalized spacial score (nSPS) is 15.9. The van der Waals surface area contributed by atoms with Gasteiger partial charge in [-0.25, -0.2) is 9.97 Å². The van der Waals surface area contributed by atoms with E-state index in [4.69, 9.17) is 14.2 Å². The van der Waals surface area contributed by atoms with Crippen LogP contribution in [-0.4, -0.2) is 52.3 Å². The maximum Gasteiger partial charge on any atom is 0.316 e. The molecule has 1 aliphatic rings. The number of carbonyl (C=O) groups is 1. The van der Waals surface area contributed by atoms with Crippen LogP contribution >= 0.6 is 11.8 Å². The van der Waals surface area contributed by atoms with Crippen molar-refractivity contribution in [2.24, 2.45) is 0 Å². The van der Waals surface area contributed by atoms with Gasteiger partial charge in [0.2, 0.25) is 0 Å². The fourth-order valence-electron chi connectivity index (χ4n) is 2.28. The van der Waals surface area contributed by atoms with Crippen LogP contribution in [0.5, 0.6) is 0 Å². The minimum atomic E-state index is -0.645. The van der Waals surface area contributed by atoms with E-state index in [1.807, 2.05) is 25.1 Å². The Morgan fingerprint density at radius 3 is 2.80 bits per heavy atom. The predicted octanol–water partition coefficient (Wildman–Crippen LogP) is 2.33. The van der Waals surface area contributed by atoms with Gasteiger partial charge in [0.15, 0.2) is 10.9 Å². The highest BCUT2D eigenvalue weighted by atomic mass is 32.2. The molecule has 0 bridgehead atoms. The Balaban J connectivity index is 1.46. The Hall–Kier alpha value is -2.03. The average molecular weight is 361 g/mol. The second-order valence-electron chi connectivity index (χ2n) is 5.53. The van der Waals surface area contributed by atoms with E-state index in [1.165, 1.54) is 11.8 Å². The smallest absolute Gasteiger partial charge is 0.316 e. The zero-order chi connectivity index (χ0) is 17.5. The minimum Gasteiger partial charge on any atom is -0.465 e. The monoisotopic (exact) mass is 361 g/mol. The summed E-state index contributed by atoms with van der Waals surface area (Å²) in [7, 11) is 0. The van der Waals surface area contributed by atoms with Gasteiger partial charge in [0.05, 0.1) is 37.0 Å². The van der Waals surface area contributed by atoms with Gasteiger partial charge in [-0.3, -0.25) is 9.78 Å². The summed E-state index contributed by atoms with van der Waals surface area (Å²) >= 11 is 1.23. The maximum atomic E-state index is 11.9. The molecular weight excluding hydrogens is 342 g/mol. The molecule has 0 aliphatic carbocycles. The summed E-state index contributed by atoms with van der Waals surface area (Å²) in [5.74, 6) is -0.823. The first-order valence-corrected chi connectivity index (χ1v) is 8.94. The van der Waals surface area contributed by atoms with Crippen LogP contribution in [0, 0.1) is 0 Å². The fraction of sp³-hybridized carbons (Fsp3) is 0.412. The third-order valence-corrected chi connectivity index (χ3v) is 4.43. The van der Waals surface area contributed by atoms with Crippen LogP contribution in [0.2, 0.25) is 0 Å². The average Bonchev–Trinajstić information content (AvgIpc) is 3.07. The highest BCUT2D eigenvalue weighted by Gasteiger charge is 2.30. The molecule has 0 spiro atoms. The van der Waals surface area contributed by atoms with Gasteiger partial charge < -0.3 is 14.2 Å². The summed E-state index contributed by atoms with van der Waals surface area (Å²) in [6, 6.07) is 7.40. The number of esters is 1. The number of aromatic nitrogens is 3. The Bertz CT molecular complexity index is 708. The first-order chi connectivity index (χ1) is 12.1. The molecule has 1 fully saturated rings. The second-order valence-corrected chi connectivity index (χ2v) is 6.47. The topological polar surface area (TPSA) is 83.4 Å². The molecule has 0 amide bonds. The molecule has 3 heterocycles. The Kier molecular flexibility index (Phi) is 5.95. The van der Waals surface area contributed by atoms with Crippen LogP contribution in [-0.2, 0) is 19.0 Å². The lowest BCUT2D eigenvalue weighted by atomic mass is 10.2. The quantitative estimate of drug-likeness (QED) is 0.422. The molecule has 0 radical (unpaired) electrons. The number of carbonyl (C=O) groups excluding carboxylic acids is 1. The SMILES string of the molecule is CC1(CCOC(=O)CSc2nccc(-c3ccccn3)n2)OCCO1. The number of pyridine rings is 1. The van der Waals surface area contributed by atoms with E-state index >= 15 is 0 Å². The third kappa shape index (κ3) is 5.22. The molecule has 7 nitrogen and oxygen atoms in total. The van der Waals surface area contributed by atoms with E-state index in [1.54, 1.807) is 18.5 Å². The first-order valence-electron chi connectivity index (χ1n) is 7.95. The lowest BCUT2D eigenvalue weighted by molar-refractivity contribution is -0.162. The van der Waals surface area contributed by atoms with Gasteiger partial charge in [-0.15, -0.1) is 0 Å². The Morgan fingerprint density at radius 1 is 1.20 bits per heavy atom. The highest BCUT2D eigenvalue weighted by Crippen LogP contribution is 2.22. The van der Waals surface area contributed by atoms with E-state index in [0.29, 0.717) is 24.8 Å². The van der Waals surface area contributed by atoms with Gasteiger partial charge in [-0.2, -0.15) is 0 Å². The van der Waals surface area contributed by atoms with E-state index in [-0.39, 0.29) is 18.3 Å². The zero-order valence-electron chi connectivity index (χ0n) is 13.9. The Labute approximate surface area is 150 Å². The van der Waals surface area contributed by atoms with Crippen LogP contribution in [0.4, 0.5) is 0 Å². The fourth-order valence-corrected chi connectivity index (χ4v) is 2.91. The number of thioether (sulfide) groups is 1. The molecule has 0 unspecified atom stereocenters. The van der Waals surface area contributed by atoms with Crippen LogP contribution in [0.3, 0.4) is 0 Å². The van der Waals surface area contributed by atoms with Crippen molar-refractivity contribution in [2.75, 3.05) is 25.6 Å². The molecule has 2 aromatic heterocycles. The van der Waals surface area contributed by atoms with Crippen molar-refractivity contribution in [1.82, 2.24) is 15.0 Å². The molecule has 0 aromatic carbocycles. The van der Waals surface area contributed by atoms with Crippen molar-refractivity contribution < 1.29 is 19.0 Å². The lowest BCUT2D eigenvalue weighted by Gasteiger charge is -2.21.